The van der Waals surface area contributed by atoms with Gasteiger partial charge in [0.2, 0.25) is 0 Å². The second-order valence-electron chi connectivity index (χ2n) is 4.42. The minimum Gasteiger partial charge on any atom is -0.326 e. The minimum atomic E-state index is -4.21. The van der Waals surface area contributed by atoms with Crippen LogP contribution < -0.4 is 0 Å². The normalized spacial score (nSPS) is 23.9. The number of halogens is 3. The molecule has 0 bridgehead atoms. The Bertz CT molecular complexity index is 314. The lowest BCUT2D eigenvalue weighted by atomic mass is 10.1. The third kappa shape index (κ3) is 3.38. The second kappa shape index (κ2) is 4.98. The zero-order valence-electron chi connectivity index (χ0n) is 10.2. The van der Waals surface area contributed by atoms with Crippen molar-refractivity contribution in [1.82, 2.24) is 9.80 Å². The van der Waals surface area contributed by atoms with Crippen molar-refractivity contribution in [2.45, 2.75) is 26.1 Å². The highest BCUT2D eigenvalue weighted by Gasteiger charge is 2.34. The Hall–Kier alpha value is -1.20. The van der Waals surface area contributed by atoms with E-state index in [0.29, 0.717) is 6.54 Å². The van der Waals surface area contributed by atoms with Crippen LogP contribution in [0, 0.1) is 5.92 Å². The molecule has 2 amide bonds. The number of carbonyl (C=O) groups excluding carboxylic acids is 1. The fourth-order valence-electron chi connectivity index (χ4n) is 1.73. The fourth-order valence-corrected chi connectivity index (χ4v) is 1.73. The summed E-state index contributed by atoms with van der Waals surface area (Å²) in [6, 6.07) is -0.0971. The van der Waals surface area contributed by atoms with Gasteiger partial charge in [-0.3, -0.25) is 0 Å². The number of allylic oxidation sites excluding steroid dienone is 1. The molecule has 2 atom stereocenters. The van der Waals surface area contributed by atoms with Gasteiger partial charge in [0.15, 0.2) is 0 Å². The molecule has 0 aliphatic carbocycles. The number of likely N-dealkylation sites (N-methyl/N-ethyl adjacent to an activating group) is 1. The van der Waals surface area contributed by atoms with Crippen LogP contribution in [-0.2, 0) is 0 Å². The van der Waals surface area contributed by atoms with Crippen LogP contribution in [0.4, 0.5) is 18.0 Å². The highest BCUT2D eigenvalue weighted by atomic mass is 19.4. The van der Waals surface area contributed by atoms with Gasteiger partial charge in [0, 0.05) is 26.2 Å². The van der Waals surface area contributed by atoms with Crippen LogP contribution in [0.2, 0.25) is 0 Å². The number of hydrogen-bond acceptors (Lipinski definition) is 1. The highest BCUT2D eigenvalue weighted by molar-refractivity contribution is 5.76. The molecular weight excluding hydrogens is 233 g/mol. The maximum Gasteiger partial charge on any atom is 0.394 e. The van der Waals surface area contributed by atoms with Crippen LogP contribution in [0.5, 0.6) is 0 Å². The van der Waals surface area contributed by atoms with Crippen molar-refractivity contribution in [3.63, 3.8) is 0 Å². The predicted molar refractivity (Wildman–Crippen MR) is 58.6 cm³/mol. The van der Waals surface area contributed by atoms with E-state index in [4.69, 9.17) is 0 Å². The SMILES string of the molecule is CC1CN(C)C(=O)N1C/C=C/C(C)C(F)(F)F. The number of hydrogen-bond donors (Lipinski definition) is 0. The van der Waals surface area contributed by atoms with Crippen molar-refractivity contribution in [2.24, 2.45) is 5.92 Å². The van der Waals surface area contributed by atoms with E-state index < -0.39 is 12.1 Å². The molecule has 0 aromatic rings. The van der Waals surface area contributed by atoms with Gasteiger partial charge in [-0.1, -0.05) is 19.1 Å². The lowest BCUT2D eigenvalue weighted by Gasteiger charge is -2.18. The standard InChI is InChI=1S/C11H17F3N2O/c1-8(11(12,13)14)5-4-6-16-9(2)7-15(3)10(16)17/h4-5,8-9H,6-7H2,1-3H3/b5-4+. The highest BCUT2D eigenvalue weighted by Crippen LogP contribution is 2.26. The average Bonchev–Trinajstić information content (AvgIpc) is 2.42. The molecule has 17 heavy (non-hydrogen) atoms. The molecule has 1 rings (SSSR count). The number of amides is 2. The molecule has 1 aliphatic heterocycles. The molecule has 1 aliphatic rings. The second-order valence-corrected chi connectivity index (χ2v) is 4.42. The summed E-state index contributed by atoms with van der Waals surface area (Å²) in [6.45, 7) is 3.81. The third-order valence-electron chi connectivity index (χ3n) is 2.89. The Morgan fingerprint density at radius 1 is 1.53 bits per heavy atom. The summed E-state index contributed by atoms with van der Waals surface area (Å²) in [4.78, 5) is 14.7. The molecule has 1 fully saturated rings. The van der Waals surface area contributed by atoms with Crippen molar-refractivity contribution >= 4 is 6.03 Å². The molecule has 6 heteroatoms. The molecule has 0 aromatic carbocycles. The maximum atomic E-state index is 12.2. The number of rotatable bonds is 3. The van der Waals surface area contributed by atoms with E-state index in [2.05, 4.69) is 0 Å². The molecule has 1 heterocycles. The molecule has 0 radical (unpaired) electrons. The number of carbonyl (C=O) groups is 1. The lowest BCUT2D eigenvalue weighted by Crippen LogP contribution is -2.33. The van der Waals surface area contributed by atoms with Crippen molar-refractivity contribution in [1.29, 1.82) is 0 Å². The van der Waals surface area contributed by atoms with Gasteiger partial charge in [0.1, 0.15) is 0 Å². The smallest absolute Gasteiger partial charge is 0.326 e. The van der Waals surface area contributed by atoms with Gasteiger partial charge in [0.05, 0.1) is 5.92 Å². The predicted octanol–water partition coefficient (Wildman–Crippen LogP) is 2.50. The molecule has 0 spiro atoms. The largest absolute Gasteiger partial charge is 0.394 e. The first-order valence-corrected chi connectivity index (χ1v) is 5.48. The summed E-state index contributed by atoms with van der Waals surface area (Å²) < 4.78 is 36.7. The molecule has 3 nitrogen and oxygen atoms in total. The van der Waals surface area contributed by atoms with Gasteiger partial charge in [-0.25, -0.2) is 4.79 Å². The maximum absolute atomic E-state index is 12.2. The molecule has 2 unspecified atom stereocenters. The summed E-state index contributed by atoms with van der Waals surface area (Å²) in [5.74, 6) is -1.48. The summed E-state index contributed by atoms with van der Waals surface area (Å²) in [6.07, 6.45) is -1.71. The van der Waals surface area contributed by atoms with Gasteiger partial charge >= 0.3 is 12.2 Å². The molecular formula is C11H17F3N2O. The Kier molecular flexibility index (Phi) is 4.06. The number of alkyl halides is 3. The van der Waals surface area contributed by atoms with Crippen LogP contribution in [0.1, 0.15) is 13.8 Å². The molecule has 0 N–H and O–H groups in total. The molecule has 98 valence electrons. The van der Waals surface area contributed by atoms with E-state index in [9.17, 15) is 18.0 Å². The van der Waals surface area contributed by atoms with E-state index in [1.54, 1.807) is 16.8 Å². The van der Waals surface area contributed by atoms with Gasteiger partial charge in [-0.15, -0.1) is 0 Å². The average molecular weight is 250 g/mol. The van der Waals surface area contributed by atoms with Gasteiger partial charge in [0.25, 0.3) is 0 Å². The first kappa shape index (κ1) is 13.9. The van der Waals surface area contributed by atoms with Crippen molar-refractivity contribution in [3.05, 3.63) is 12.2 Å². The molecule has 0 saturated carbocycles. The zero-order chi connectivity index (χ0) is 13.2. The summed E-state index contributed by atoms with van der Waals surface area (Å²) in [5.41, 5.74) is 0. The molecule has 0 aromatic heterocycles. The Labute approximate surface area is 98.9 Å². The van der Waals surface area contributed by atoms with Crippen LogP contribution in [0.3, 0.4) is 0 Å². The van der Waals surface area contributed by atoms with Crippen molar-refractivity contribution in [2.75, 3.05) is 20.1 Å². The van der Waals surface area contributed by atoms with E-state index in [1.807, 2.05) is 6.92 Å². The van der Waals surface area contributed by atoms with Gasteiger partial charge in [-0.2, -0.15) is 13.2 Å². The first-order valence-electron chi connectivity index (χ1n) is 5.48. The monoisotopic (exact) mass is 250 g/mol. The number of urea groups is 1. The minimum absolute atomic E-state index is 0.0401. The number of nitrogens with zero attached hydrogens (tertiary/aromatic N) is 2. The third-order valence-corrected chi connectivity index (χ3v) is 2.89. The fraction of sp³-hybridized carbons (Fsp3) is 0.727. The van der Waals surface area contributed by atoms with Gasteiger partial charge in [-0.05, 0) is 6.92 Å². The van der Waals surface area contributed by atoms with E-state index in [-0.39, 0.29) is 18.6 Å². The van der Waals surface area contributed by atoms with Crippen LogP contribution in [0.15, 0.2) is 12.2 Å². The van der Waals surface area contributed by atoms with Gasteiger partial charge < -0.3 is 9.80 Å². The topological polar surface area (TPSA) is 23.6 Å². The van der Waals surface area contributed by atoms with Crippen molar-refractivity contribution < 1.29 is 18.0 Å². The Morgan fingerprint density at radius 3 is 2.53 bits per heavy atom. The van der Waals surface area contributed by atoms with E-state index in [1.165, 1.54) is 6.08 Å². The lowest BCUT2D eigenvalue weighted by molar-refractivity contribution is -0.156. The quantitative estimate of drug-likeness (QED) is 0.706. The summed E-state index contributed by atoms with van der Waals surface area (Å²) in [5, 5.41) is 0. The first-order chi connectivity index (χ1) is 7.73. The van der Waals surface area contributed by atoms with E-state index in [0.717, 1.165) is 13.0 Å². The van der Waals surface area contributed by atoms with Crippen molar-refractivity contribution in [3.8, 4) is 0 Å². The summed E-state index contributed by atoms with van der Waals surface area (Å²) >= 11 is 0. The van der Waals surface area contributed by atoms with Crippen LogP contribution in [0.25, 0.3) is 0 Å². The Balaban J connectivity index is 2.51. The van der Waals surface area contributed by atoms with E-state index >= 15 is 0 Å². The zero-order valence-corrected chi connectivity index (χ0v) is 10.2. The summed E-state index contributed by atoms with van der Waals surface area (Å²) in [7, 11) is 1.68. The van der Waals surface area contributed by atoms with Crippen LogP contribution in [-0.4, -0.2) is 48.2 Å². The van der Waals surface area contributed by atoms with Crippen LogP contribution >= 0.6 is 0 Å². The Morgan fingerprint density at radius 2 is 2.12 bits per heavy atom. The molecule has 1 saturated heterocycles.